The lowest BCUT2D eigenvalue weighted by atomic mass is 9.81. The van der Waals surface area contributed by atoms with Gasteiger partial charge in [-0.25, -0.2) is 13.6 Å². The van der Waals surface area contributed by atoms with Crippen LogP contribution >= 0.6 is 22.9 Å². The molecule has 2 aromatic carbocycles. The molecule has 5 nitrogen and oxygen atoms in total. The summed E-state index contributed by atoms with van der Waals surface area (Å²) in [6.07, 6.45) is 7.26. The van der Waals surface area contributed by atoms with Gasteiger partial charge in [-0.3, -0.25) is 0 Å². The van der Waals surface area contributed by atoms with Crippen LogP contribution in [0, 0.1) is 5.41 Å². The number of rotatable bonds is 13. The Balaban J connectivity index is 0.00000287. The van der Waals surface area contributed by atoms with Gasteiger partial charge in [0, 0.05) is 22.8 Å². The molecule has 0 aliphatic carbocycles. The van der Waals surface area contributed by atoms with Crippen molar-refractivity contribution in [3.8, 4) is 11.1 Å². The van der Waals surface area contributed by atoms with Crippen molar-refractivity contribution in [1.29, 1.82) is 0 Å². The Hall–Kier alpha value is -3.10. The van der Waals surface area contributed by atoms with E-state index in [2.05, 4.69) is 55.8 Å². The summed E-state index contributed by atoms with van der Waals surface area (Å²) >= 11 is 7.65. The maximum absolute atomic E-state index is 12.0. The van der Waals surface area contributed by atoms with Crippen molar-refractivity contribution in [3.05, 3.63) is 113 Å². The van der Waals surface area contributed by atoms with Gasteiger partial charge in [-0.15, -0.1) is 11.3 Å². The number of primary sulfonamides is 1. The van der Waals surface area contributed by atoms with Gasteiger partial charge in [0.1, 0.15) is 0 Å². The molecule has 0 bridgehead atoms. The fourth-order valence-electron chi connectivity index (χ4n) is 4.12. The van der Waals surface area contributed by atoms with Gasteiger partial charge >= 0.3 is 0 Å². The zero-order valence-corrected chi connectivity index (χ0v) is 27.0. The fraction of sp³-hybridized carbons (Fsp3) is 0.273. The summed E-state index contributed by atoms with van der Waals surface area (Å²) in [7, 11) is -3.81. The van der Waals surface area contributed by atoms with Crippen molar-refractivity contribution >= 4 is 44.3 Å². The summed E-state index contributed by atoms with van der Waals surface area (Å²) in [5.41, 5.74) is 5.09. The van der Waals surface area contributed by atoms with Crippen molar-refractivity contribution in [1.82, 2.24) is 5.32 Å². The summed E-state index contributed by atoms with van der Waals surface area (Å²) in [5.74, 6) is 0. The molecule has 0 saturated heterocycles. The lowest BCUT2D eigenvalue weighted by Gasteiger charge is -2.29. The number of hydrogen-bond donors (Lipinski definition) is 3. The topological polar surface area (TPSA) is 84.2 Å². The van der Waals surface area contributed by atoms with E-state index < -0.39 is 10.0 Å². The Morgan fingerprint density at radius 1 is 1.07 bits per heavy atom. The number of hydrogen-bond acceptors (Lipinski definition) is 5. The first-order valence-electron chi connectivity index (χ1n) is 13.6. The zero-order valence-electron chi connectivity index (χ0n) is 24.6. The Bertz CT molecular complexity index is 1490. The Morgan fingerprint density at radius 3 is 2.34 bits per heavy atom. The Kier molecular flexibility index (Phi) is 13.1. The Labute approximate surface area is 255 Å². The number of nitrogens with two attached hydrogens (primary N) is 1. The van der Waals surface area contributed by atoms with Gasteiger partial charge in [0.15, 0.2) is 0 Å². The number of halogens is 1. The molecule has 0 aliphatic rings. The van der Waals surface area contributed by atoms with Gasteiger partial charge in [-0.1, -0.05) is 101 Å². The molecule has 41 heavy (non-hydrogen) atoms. The van der Waals surface area contributed by atoms with Gasteiger partial charge in [0.2, 0.25) is 10.0 Å². The number of sulfonamides is 1. The summed E-state index contributed by atoms with van der Waals surface area (Å²) in [6, 6.07) is 16.9. The molecule has 1 unspecified atom stereocenters. The van der Waals surface area contributed by atoms with Crippen LogP contribution in [0.25, 0.3) is 16.8 Å². The van der Waals surface area contributed by atoms with Crippen LogP contribution in [0.3, 0.4) is 0 Å². The molecule has 1 atom stereocenters. The molecular formula is C33H42ClN3O2S2. The predicted octanol–water partition coefficient (Wildman–Crippen LogP) is 8.93. The van der Waals surface area contributed by atoms with E-state index >= 15 is 0 Å². The quantitative estimate of drug-likeness (QED) is 0.168. The standard InChI is InChI=1S/C31H36ClN3O2S2.C2H6/c1-6-26(32)17-12-22(3)35-23(4)30-28(18-19-38-30)34-21-31(5,7-2)20-24-13-15-25(16-14-24)27-10-8-9-11-29(27)39(33,36)37;1-2/h6,8-19,34-35H,3-4,7,20-21H2,1-2,5H3,(H2,33,36,37);1-2H3/b17-12-,26-6+;. The molecule has 0 aliphatic heterocycles. The molecule has 0 spiro atoms. The first kappa shape index (κ1) is 34.1. The number of benzene rings is 2. The maximum atomic E-state index is 12.0. The fourth-order valence-corrected chi connectivity index (χ4v) is 5.74. The molecule has 0 radical (unpaired) electrons. The molecule has 3 aromatic rings. The summed E-state index contributed by atoms with van der Waals surface area (Å²) in [6.45, 7) is 19.3. The largest absolute Gasteiger partial charge is 0.383 e. The third-order valence-corrected chi connectivity index (χ3v) is 8.91. The summed E-state index contributed by atoms with van der Waals surface area (Å²) in [5, 5.41) is 15.0. The molecule has 1 heterocycles. The van der Waals surface area contributed by atoms with Crippen molar-refractivity contribution < 1.29 is 8.42 Å². The molecule has 8 heteroatoms. The number of allylic oxidation sites excluding steroid dienone is 4. The van der Waals surface area contributed by atoms with Crippen molar-refractivity contribution in [2.24, 2.45) is 10.6 Å². The number of anilines is 1. The van der Waals surface area contributed by atoms with E-state index in [1.165, 1.54) is 11.6 Å². The number of nitrogens with one attached hydrogen (secondary N) is 2. The second kappa shape index (κ2) is 15.8. The first-order valence-corrected chi connectivity index (χ1v) is 16.4. The van der Waals surface area contributed by atoms with Gasteiger partial charge < -0.3 is 10.6 Å². The third-order valence-electron chi connectivity index (χ3n) is 6.62. The van der Waals surface area contributed by atoms with Crippen LogP contribution in [0.4, 0.5) is 5.69 Å². The van der Waals surface area contributed by atoms with Crippen LogP contribution in [0.5, 0.6) is 0 Å². The summed E-state index contributed by atoms with van der Waals surface area (Å²) < 4.78 is 24.0. The van der Waals surface area contributed by atoms with Crippen molar-refractivity contribution in [2.45, 2.75) is 52.4 Å². The van der Waals surface area contributed by atoms with Crippen LogP contribution in [-0.2, 0) is 16.4 Å². The second-order valence-corrected chi connectivity index (χ2v) is 12.6. The minimum atomic E-state index is -3.81. The Morgan fingerprint density at radius 2 is 1.73 bits per heavy atom. The molecule has 220 valence electrons. The van der Waals surface area contributed by atoms with Crippen LogP contribution in [0.1, 0.15) is 51.5 Å². The van der Waals surface area contributed by atoms with Gasteiger partial charge in [0.25, 0.3) is 0 Å². The molecule has 0 amide bonds. The van der Waals surface area contributed by atoms with E-state index in [1.807, 2.05) is 56.5 Å². The smallest absolute Gasteiger partial charge is 0.238 e. The maximum Gasteiger partial charge on any atom is 0.238 e. The SMILES string of the molecule is C=C(/C=C\C(Cl)=C/C)NC(=C)c1sccc1NCC(C)(CC)Cc1ccc(-c2ccccc2S(N)(=O)=O)cc1.CC. The molecule has 0 saturated carbocycles. The third kappa shape index (κ3) is 10.0. The summed E-state index contributed by atoms with van der Waals surface area (Å²) in [4.78, 5) is 1.15. The normalized spacial score (nSPS) is 13.2. The molecule has 0 fully saturated rings. The highest BCUT2D eigenvalue weighted by molar-refractivity contribution is 7.89. The predicted molar refractivity (Wildman–Crippen MR) is 180 cm³/mol. The van der Waals surface area contributed by atoms with E-state index in [4.69, 9.17) is 16.7 Å². The highest BCUT2D eigenvalue weighted by Crippen LogP contribution is 2.33. The van der Waals surface area contributed by atoms with E-state index in [0.29, 0.717) is 16.3 Å². The number of thiophene rings is 1. The molecule has 3 rings (SSSR count). The van der Waals surface area contributed by atoms with Crippen LogP contribution < -0.4 is 15.8 Å². The van der Waals surface area contributed by atoms with Gasteiger partial charge in [0.05, 0.1) is 21.2 Å². The lowest BCUT2D eigenvalue weighted by molar-refractivity contribution is 0.331. The highest BCUT2D eigenvalue weighted by atomic mass is 35.5. The molecular weight excluding hydrogens is 570 g/mol. The minimum Gasteiger partial charge on any atom is -0.383 e. The average molecular weight is 612 g/mol. The van der Waals surface area contributed by atoms with Crippen LogP contribution in [0.15, 0.2) is 107 Å². The second-order valence-electron chi connectivity index (χ2n) is 9.73. The van der Waals surface area contributed by atoms with Crippen molar-refractivity contribution in [3.63, 3.8) is 0 Å². The van der Waals surface area contributed by atoms with E-state index in [-0.39, 0.29) is 10.3 Å². The first-order chi connectivity index (χ1) is 19.5. The minimum absolute atomic E-state index is 0.0104. The van der Waals surface area contributed by atoms with Crippen LogP contribution in [0.2, 0.25) is 0 Å². The van der Waals surface area contributed by atoms with Crippen molar-refractivity contribution in [2.75, 3.05) is 11.9 Å². The van der Waals surface area contributed by atoms with E-state index in [1.54, 1.807) is 29.5 Å². The highest BCUT2D eigenvalue weighted by Gasteiger charge is 2.24. The van der Waals surface area contributed by atoms with E-state index in [0.717, 1.165) is 41.2 Å². The van der Waals surface area contributed by atoms with Crippen LogP contribution in [-0.4, -0.2) is 15.0 Å². The zero-order chi connectivity index (χ0) is 30.6. The van der Waals surface area contributed by atoms with Gasteiger partial charge in [-0.2, -0.15) is 0 Å². The lowest BCUT2D eigenvalue weighted by Crippen LogP contribution is -2.28. The van der Waals surface area contributed by atoms with Gasteiger partial charge in [-0.05, 0) is 66.0 Å². The molecule has 4 N–H and O–H groups in total. The van der Waals surface area contributed by atoms with E-state index in [9.17, 15) is 8.42 Å². The average Bonchev–Trinajstić information content (AvgIpc) is 3.45. The monoisotopic (exact) mass is 611 g/mol. The molecule has 1 aromatic heterocycles.